The molecule has 0 spiro atoms. The molecule has 2 nitrogen and oxygen atoms in total. The molecule has 92 valence electrons. The molecule has 0 aromatic heterocycles. The Morgan fingerprint density at radius 2 is 2.24 bits per heavy atom. The zero-order chi connectivity index (χ0) is 12.4. The van der Waals surface area contributed by atoms with Crippen molar-refractivity contribution in [1.82, 2.24) is 0 Å². The molecule has 1 aromatic rings. The number of Topliss-reactive ketones (excluding diaryl/α,β-unsaturated/α-hetero) is 1. The maximum atomic E-state index is 13.8. The number of hydrogen-bond donors (Lipinski definition) is 1. The predicted octanol–water partition coefficient (Wildman–Crippen LogP) is 3.15. The highest BCUT2D eigenvalue weighted by atomic mass is 79.9. The van der Waals surface area contributed by atoms with E-state index in [0.717, 1.165) is 19.3 Å². The maximum Gasteiger partial charge on any atom is 0.169 e. The summed E-state index contributed by atoms with van der Waals surface area (Å²) in [7, 11) is 0. The molecular weight excluding hydrogens is 285 g/mol. The van der Waals surface area contributed by atoms with Crippen molar-refractivity contribution in [2.75, 3.05) is 6.54 Å². The van der Waals surface area contributed by atoms with Crippen molar-refractivity contribution in [2.45, 2.75) is 19.3 Å². The first-order valence-electron chi connectivity index (χ1n) is 5.83. The zero-order valence-electron chi connectivity index (χ0n) is 9.46. The molecule has 2 rings (SSSR count). The second-order valence-electron chi connectivity index (χ2n) is 4.50. The van der Waals surface area contributed by atoms with E-state index in [2.05, 4.69) is 15.9 Å². The van der Waals surface area contributed by atoms with E-state index in [1.54, 1.807) is 18.2 Å². The monoisotopic (exact) mass is 299 g/mol. The van der Waals surface area contributed by atoms with E-state index in [1.807, 2.05) is 0 Å². The Morgan fingerprint density at radius 3 is 2.94 bits per heavy atom. The van der Waals surface area contributed by atoms with Crippen molar-refractivity contribution < 1.29 is 9.18 Å². The highest BCUT2D eigenvalue weighted by Crippen LogP contribution is 2.34. The number of halogens is 2. The van der Waals surface area contributed by atoms with Gasteiger partial charge in [-0.2, -0.15) is 0 Å². The minimum absolute atomic E-state index is 0.100. The van der Waals surface area contributed by atoms with Gasteiger partial charge in [0.25, 0.3) is 0 Å². The lowest BCUT2D eigenvalue weighted by atomic mass is 9.88. The van der Waals surface area contributed by atoms with E-state index in [9.17, 15) is 9.18 Å². The fourth-order valence-electron chi connectivity index (χ4n) is 2.56. The van der Waals surface area contributed by atoms with Gasteiger partial charge in [-0.05, 0) is 53.4 Å². The molecule has 4 heteroatoms. The topological polar surface area (TPSA) is 43.1 Å². The molecule has 17 heavy (non-hydrogen) atoms. The van der Waals surface area contributed by atoms with Gasteiger partial charge in [-0.15, -0.1) is 0 Å². The van der Waals surface area contributed by atoms with E-state index < -0.39 is 5.82 Å². The molecule has 1 saturated carbocycles. The highest BCUT2D eigenvalue weighted by Gasteiger charge is 2.33. The zero-order valence-corrected chi connectivity index (χ0v) is 11.0. The van der Waals surface area contributed by atoms with Crippen LogP contribution in [0.3, 0.4) is 0 Å². The highest BCUT2D eigenvalue weighted by molar-refractivity contribution is 9.10. The maximum absolute atomic E-state index is 13.8. The first-order valence-corrected chi connectivity index (χ1v) is 6.62. The Bertz CT molecular complexity index is 435. The van der Waals surface area contributed by atoms with Crippen molar-refractivity contribution in [2.24, 2.45) is 17.6 Å². The smallest absolute Gasteiger partial charge is 0.169 e. The summed E-state index contributed by atoms with van der Waals surface area (Å²) in [6.07, 6.45) is 2.81. The summed E-state index contributed by atoms with van der Waals surface area (Å²) in [6, 6.07) is 4.84. The van der Waals surface area contributed by atoms with Gasteiger partial charge in [0.2, 0.25) is 0 Å². The Morgan fingerprint density at radius 1 is 1.47 bits per heavy atom. The molecule has 2 atom stereocenters. The molecule has 1 aromatic carbocycles. The van der Waals surface area contributed by atoms with Gasteiger partial charge in [0, 0.05) is 5.92 Å². The summed E-state index contributed by atoms with van der Waals surface area (Å²) in [5.74, 6) is -0.457. The lowest BCUT2D eigenvalue weighted by Gasteiger charge is -2.17. The van der Waals surface area contributed by atoms with E-state index in [4.69, 9.17) is 5.73 Å². The van der Waals surface area contributed by atoms with Crippen LogP contribution in [0.5, 0.6) is 0 Å². The van der Waals surface area contributed by atoms with Crippen molar-refractivity contribution in [3.63, 3.8) is 0 Å². The lowest BCUT2D eigenvalue weighted by Crippen LogP contribution is -2.25. The minimum Gasteiger partial charge on any atom is -0.330 e. The fourth-order valence-corrected chi connectivity index (χ4v) is 2.92. The van der Waals surface area contributed by atoms with Gasteiger partial charge in [0.05, 0.1) is 10.0 Å². The van der Waals surface area contributed by atoms with Crippen LogP contribution >= 0.6 is 15.9 Å². The Hall–Kier alpha value is -0.740. The number of hydrogen-bond acceptors (Lipinski definition) is 2. The molecular formula is C13H15BrFNO. The summed E-state index contributed by atoms with van der Waals surface area (Å²) < 4.78 is 14.2. The van der Waals surface area contributed by atoms with Crippen LogP contribution in [0.2, 0.25) is 0 Å². The molecule has 0 saturated heterocycles. The predicted molar refractivity (Wildman–Crippen MR) is 68.3 cm³/mol. The summed E-state index contributed by atoms with van der Waals surface area (Å²) in [6.45, 7) is 0.506. The second kappa shape index (κ2) is 5.27. The third-order valence-electron chi connectivity index (χ3n) is 3.52. The van der Waals surface area contributed by atoms with Crippen LogP contribution in [-0.4, -0.2) is 12.3 Å². The molecule has 0 bridgehead atoms. The number of carbonyl (C=O) groups is 1. The minimum atomic E-state index is -0.458. The first-order chi connectivity index (χ1) is 8.15. The third-order valence-corrected chi connectivity index (χ3v) is 4.13. The van der Waals surface area contributed by atoms with Crippen LogP contribution in [0, 0.1) is 17.7 Å². The molecule has 2 unspecified atom stereocenters. The molecule has 2 N–H and O–H groups in total. The SMILES string of the molecule is NCC1CCCC1C(=O)c1cccc(Br)c1F. The molecule has 0 heterocycles. The van der Waals surface area contributed by atoms with E-state index >= 15 is 0 Å². The number of nitrogens with two attached hydrogens (primary N) is 1. The van der Waals surface area contributed by atoms with E-state index in [-0.39, 0.29) is 23.2 Å². The van der Waals surface area contributed by atoms with Gasteiger partial charge in [-0.25, -0.2) is 4.39 Å². The Kier molecular flexibility index (Phi) is 3.94. The first kappa shape index (κ1) is 12.7. The second-order valence-corrected chi connectivity index (χ2v) is 5.35. The van der Waals surface area contributed by atoms with Crippen LogP contribution in [0.25, 0.3) is 0 Å². The van der Waals surface area contributed by atoms with Gasteiger partial charge in [-0.3, -0.25) is 4.79 Å². The van der Waals surface area contributed by atoms with Crippen molar-refractivity contribution >= 4 is 21.7 Å². The molecule has 0 radical (unpaired) electrons. The van der Waals surface area contributed by atoms with Gasteiger partial charge < -0.3 is 5.73 Å². The molecule has 1 aliphatic carbocycles. The Balaban J connectivity index is 2.28. The van der Waals surface area contributed by atoms with E-state index in [0.29, 0.717) is 11.0 Å². The van der Waals surface area contributed by atoms with Crippen molar-refractivity contribution in [3.05, 3.63) is 34.1 Å². The molecule has 1 fully saturated rings. The summed E-state index contributed by atoms with van der Waals surface area (Å²) in [5, 5.41) is 0. The molecule has 0 aliphatic heterocycles. The summed E-state index contributed by atoms with van der Waals surface area (Å²) >= 11 is 3.10. The van der Waals surface area contributed by atoms with Crippen LogP contribution in [0.4, 0.5) is 4.39 Å². The standard InChI is InChI=1S/C13H15BrFNO/c14-11-6-2-5-10(12(11)15)13(17)9-4-1-3-8(9)7-16/h2,5-6,8-9H,1,3-4,7,16H2. The van der Waals surface area contributed by atoms with Gasteiger partial charge in [-0.1, -0.05) is 12.5 Å². The van der Waals surface area contributed by atoms with Crippen LogP contribution < -0.4 is 5.73 Å². The average Bonchev–Trinajstić information content (AvgIpc) is 2.80. The Labute approximate surface area is 109 Å². The van der Waals surface area contributed by atoms with Crippen molar-refractivity contribution in [1.29, 1.82) is 0 Å². The van der Waals surface area contributed by atoms with Crippen LogP contribution in [-0.2, 0) is 0 Å². The van der Waals surface area contributed by atoms with E-state index in [1.165, 1.54) is 0 Å². The lowest BCUT2D eigenvalue weighted by molar-refractivity contribution is 0.0889. The normalized spacial score (nSPS) is 23.9. The molecule has 0 amide bonds. The van der Waals surface area contributed by atoms with Crippen LogP contribution in [0.1, 0.15) is 29.6 Å². The largest absolute Gasteiger partial charge is 0.330 e. The molecule has 1 aliphatic rings. The van der Waals surface area contributed by atoms with Crippen molar-refractivity contribution in [3.8, 4) is 0 Å². The quantitative estimate of drug-likeness (QED) is 0.871. The fraction of sp³-hybridized carbons (Fsp3) is 0.462. The van der Waals surface area contributed by atoms with Gasteiger partial charge in [0.15, 0.2) is 5.78 Å². The number of ketones is 1. The number of carbonyl (C=O) groups excluding carboxylic acids is 1. The van der Waals surface area contributed by atoms with Gasteiger partial charge >= 0.3 is 0 Å². The average molecular weight is 300 g/mol. The third kappa shape index (κ3) is 2.43. The summed E-state index contributed by atoms with van der Waals surface area (Å²) in [5.41, 5.74) is 5.84. The summed E-state index contributed by atoms with van der Waals surface area (Å²) in [4.78, 5) is 12.3. The van der Waals surface area contributed by atoms with Gasteiger partial charge in [0.1, 0.15) is 5.82 Å². The number of benzene rings is 1. The number of rotatable bonds is 3. The van der Waals surface area contributed by atoms with Crippen LogP contribution in [0.15, 0.2) is 22.7 Å².